The first-order valence-corrected chi connectivity index (χ1v) is 11.3. The van der Waals surface area contributed by atoms with Crippen molar-refractivity contribution in [1.29, 1.82) is 0 Å². The van der Waals surface area contributed by atoms with Crippen LogP contribution in [0.3, 0.4) is 0 Å². The third-order valence-electron chi connectivity index (χ3n) is 5.54. The van der Waals surface area contributed by atoms with Gasteiger partial charge in [-0.05, 0) is 17.7 Å². The molecule has 2 saturated heterocycles. The van der Waals surface area contributed by atoms with Gasteiger partial charge in [0.15, 0.2) is 0 Å². The number of sulfonamides is 1. The van der Waals surface area contributed by atoms with Gasteiger partial charge in [-0.2, -0.15) is 4.31 Å². The topological polar surface area (TPSA) is 99.3 Å². The summed E-state index contributed by atoms with van der Waals surface area (Å²) in [7, 11) is -0.122. The number of nitrogens with one attached hydrogen (secondary N) is 1. The second kappa shape index (κ2) is 8.19. The minimum atomic E-state index is -3.43. The molecule has 2 aliphatic heterocycles. The monoisotopic (exact) mass is 424 g/mol. The van der Waals surface area contributed by atoms with Gasteiger partial charge in [0, 0.05) is 58.2 Å². The number of carbonyl (C=O) groups is 2. The Kier molecular flexibility index (Phi) is 6.04. The molecule has 3 rings (SSSR count). The Morgan fingerprint density at radius 1 is 1.17 bits per heavy atom. The van der Waals surface area contributed by atoms with Crippen LogP contribution in [0.15, 0.2) is 24.3 Å². The lowest BCUT2D eigenvalue weighted by Gasteiger charge is -2.32. The molecule has 3 amide bonds. The minimum absolute atomic E-state index is 0.0288. The number of benzene rings is 1. The van der Waals surface area contributed by atoms with E-state index in [0.717, 1.165) is 11.3 Å². The highest BCUT2D eigenvalue weighted by atomic mass is 32.2. The van der Waals surface area contributed by atoms with E-state index in [1.54, 1.807) is 24.0 Å². The molecule has 2 aliphatic rings. The fourth-order valence-corrected chi connectivity index (χ4v) is 4.95. The molecule has 1 unspecified atom stereocenters. The van der Waals surface area contributed by atoms with Crippen LogP contribution < -0.4 is 10.1 Å². The van der Waals surface area contributed by atoms with Crippen LogP contribution in [0.25, 0.3) is 0 Å². The number of likely N-dealkylation sites (tertiary alicyclic amines) is 1. The Labute approximate surface area is 171 Å². The maximum absolute atomic E-state index is 12.8. The number of urea groups is 1. The first-order chi connectivity index (χ1) is 13.6. The van der Waals surface area contributed by atoms with E-state index in [2.05, 4.69) is 5.32 Å². The first kappa shape index (κ1) is 21.4. The van der Waals surface area contributed by atoms with Crippen molar-refractivity contribution < 1.29 is 22.7 Å². The number of hydrogen-bond acceptors (Lipinski definition) is 5. The highest BCUT2D eigenvalue weighted by Crippen LogP contribution is 2.35. The van der Waals surface area contributed by atoms with Crippen molar-refractivity contribution in [2.75, 3.05) is 53.1 Å². The van der Waals surface area contributed by atoms with E-state index >= 15 is 0 Å². The average molecular weight is 425 g/mol. The van der Waals surface area contributed by atoms with Gasteiger partial charge < -0.3 is 19.9 Å². The third kappa shape index (κ3) is 4.99. The van der Waals surface area contributed by atoms with E-state index < -0.39 is 15.4 Å². The molecule has 2 fully saturated rings. The van der Waals surface area contributed by atoms with E-state index in [4.69, 9.17) is 4.74 Å². The van der Waals surface area contributed by atoms with E-state index in [1.165, 1.54) is 10.6 Å². The highest BCUT2D eigenvalue weighted by molar-refractivity contribution is 7.88. The summed E-state index contributed by atoms with van der Waals surface area (Å²) in [6, 6.07) is 7.13. The van der Waals surface area contributed by atoms with Crippen LogP contribution >= 0.6 is 0 Å². The van der Waals surface area contributed by atoms with Crippen molar-refractivity contribution in [3.8, 4) is 5.75 Å². The van der Waals surface area contributed by atoms with Gasteiger partial charge in [-0.25, -0.2) is 13.2 Å². The molecule has 0 saturated carbocycles. The van der Waals surface area contributed by atoms with Gasteiger partial charge in [-0.1, -0.05) is 12.1 Å². The Morgan fingerprint density at radius 2 is 1.86 bits per heavy atom. The molecule has 9 nitrogen and oxygen atoms in total. The van der Waals surface area contributed by atoms with Crippen molar-refractivity contribution in [3.63, 3.8) is 0 Å². The molecule has 1 aromatic carbocycles. The van der Waals surface area contributed by atoms with Gasteiger partial charge in [0.25, 0.3) is 0 Å². The summed E-state index contributed by atoms with van der Waals surface area (Å²) >= 11 is 0. The summed E-state index contributed by atoms with van der Waals surface area (Å²) in [5.41, 5.74) is 0.334. The molecule has 10 heteroatoms. The Balaban J connectivity index is 1.72. The van der Waals surface area contributed by atoms with Crippen molar-refractivity contribution in [1.82, 2.24) is 19.4 Å². The molecule has 160 valence electrons. The zero-order valence-corrected chi connectivity index (χ0v) is 17.9. The summed E-state index contributed by atoms with van der Waals surface area (Å²) in [5.74, 6) is 0.712. The van der Waals surface area contributed by atoms with E-state index in [1.807, 2.05) is 24.3 Å². The number of amides is 3. The predicted octanol–water partition coefficient (Wildman–Crippen LogP) is 0.331. The van der Waals surface area contributed by atoms with Gasteiger partial charge >= 0.3 is 6.03 Å². The maximum Gasteiger partial charge on any atom is 0.317 e. The lowest BCUT2D eigenvalue weighted by Crippen LogP contribution is -2.47. The molecule has 2 heterocycles. The van der Waals surface area contributed by atoms with Crippen LogP contribution in [0.5, 0.6) is 5.75 Å². The second-order valence-corrected chi connectivity index (χ2v) is 9.93. The zero-order chi connectivity index (χ0) is 21.2. The van der Waals surface area contributed by atoms with Crippen LogP contribution in [0.4, 0.5) is 4.79 Å². The third-order valence-corrected chi connectivity index (χ3v) is 6.79. The largest absolute Gasteiger partial charge is 0.497 e. The lowest BCUT2D eigenvalue weighted by molar-refractivity contribution is -0.126. The van der Waals surface area contributed by atoms with Crippen molar-refractivity contribution in [2.24, 2.45) is 5.41 Å². The summed E-state index contributed by atoms with van der Waals surface area (Å²) < 4.78 is 30.9. The molecule has 0 bridgehead atoms. The standard InChI is InChI=1S/C19H28N4O5S/c1-21-12-19(10-17(21)24)13-22(8-9-23(14-19)29(3,26)27)18(25)20-11-15-4-6-16(28-2)7-5-15/h4-7H,8-14H2,1-3H3,(H,20,25). The fraction of sp³-hybridized carbons (Fsp3) is 0.579. The molecule has 0 radical (unpaired) electrons. The van der Waals surface area contributed by atoms with Crippen LogP contribution in [-0.2, 0) is 21.4 Å². The molecule has 0 aromatic heterocycles. The van der Waals surface area contributed by atoms with Crippen molar-refractivity contribution in [2.45, 2.75) is 13.0 Å². The zero-order valence-electron chi connectivity index (χ0n) is 17.1. The van der Waals surface area contributed by atoms with Gasteiger partial charge in [0.05, 0.1) is 13.4 Å². The summed E-state index contributed by atoms with van der Waals surface area (Å²) in [6.07, 6.45) is 1.40. The number of methoxy groups -OCH3 is 1. The molecule has 29 heavy (non-hydrogen) atoms. The summed E-state index contributed by atoms with van der Waals surface area (Å²) in [4.78, 5) is 28.3. The number of rotatable bonds is 4. The van der Waals surface area contributed by atoms with Crippen molar-refractivity contribution in [3.05, 3.63) is 29.8 Å². The summed E-state index contributed by atoms with van der Waals surface area (Å²) in [5, 5.41) is 2.90. The number of ether oxygens (including phenoxy) is 1. The highest BCUT2D eigenvalue weighted by Gasteiger charge is 2.47. The Bertz CT molecular complexity index is 873. The molecular formula is C19H28N4O5S. The molecule has 0 aliphatic carbocycles. The fourth-order valence-electron chi connectivity index (χ4n) is 4.02. The summed E-state index contributed by atoms with van der Waals surface area (Å²) in [6.45, 7) is 1.85. The quantitative estimate of drug-likeness (QED) is 0.751. The molecule has 1 N–H and O–H groups in total. The van der Waals surface area contributed by atoms with Crippen LogP contribution in [-0.4, -0.2) is 87.6 Å². The van der Waals surface area contributed by atoms with Gasteiger partial charge in [-0.3, -0.25) is 4.79 Å². The predicted molar refractivity (Wildman–Crippen MR) is 108 cm³/mol. The number of nitrogens with zero attached hydrogens (tertiary/aromatic N) is 3. The van der Waals surface area contributed by atoms with Gasteiger partial charge in [0.2, 0.25) is 15.9 Å². The van der Waals surface area contributed by atoms with Gasteiger partial charge in [-0.15, -0.1) is 0 Å². The van der Waals surface area contributed by atoms with Crippen LogP contribution in [0, 0.1) is 5.41 Å². The molecule has 1 atom stereocenters. The minimum Gasteiger partial charge on any atom is -0.497 e. The van der Waals surface area contributed by atoms with Crippen LogP contribution in [0.2, 0.25) is 0 Å². The SMILES string of the molecule is COc1ccc(CNC(=O)N2CCN(S(C)(=O)=O)CC3(CC(=O)N(C)C3)C2)cc1. The van der Waals surface area contributed by atoms with E-state index in [0.29, 0.717) is 19.6 Å². The van der Waals surface area contributed by atoms with Crippen molar-refractivity contribution >= 4 is 22.0 Å². The lowest BCUT2D eigenvalue weighted by atomic mass is 9.86. The molecule has 1 aromatic rings. The second-order valence-electron chi connectivity index (χ2n) is 7.95. The molecular weight excluding hydrogens is 396 g/mol. The van der Waals surface area contributed by atoms with Gasteiger partial charge in [0.1, 0.15) is 5.75 Å². The molecule has 1 spiro atoms. The number of hydrogen-bond donors (Lipinski definition) is 1. The Morgan fingerprint density at radius 3 is 2.41 bits per heavy atom. The Hall–Kier alpha value is -2.33. The average Bonchev–Trinajstić information content (AvgIpc) is 2.83. The normalized spacial score (nSPS) is 23.3. The maximum atomic E-state index is 12.8. The van der Waals surface area contributed by atoms with Crippen LogP contribution in [0.1, 0.15) is 12.0 Å². The number of carbonyl (C=O) groups excluding carboxylic acids is 2. The van der Waals surface area contributed by atoms with E-state index in [9.17, 15) is 18.0 Å². The smallest absolute Gasteiger partial charge is 0.317 e. The first-order valence-electron chi connectivity index (χ1n) is 9.47. The van der Waals surface area contributed by atoms with E-state index in [-0.39, 0.29) is 38.0 Å².